The van der Waals surface area contributed by atoms with Crippen molar-refractivity contribution in [3.63, 3.8) is 0 Å². The average molecular weight is 258 g/mol. The lowest BCUT2D eigenvalue weighted by atomic mass is 10.1. The van der Waals surface area contributed by atoms with E-state index in [1.807, 2.05) is 0 Å². The summed E-state index contributed by atoms with van der Waals surface area (Å²) in [6.07, 6.45) is 4.33. The van der Waals surface area contributed by atoms with Crippen molar-refractivity contribution in [2.24, 2.45) is 5.73 Å². The van der Waals surface area contributed by atoms with E-state index in [4.69, 9.17) is 5.73 Å². The highest BCUT2D eigenvalue weighted by Gasteiger charge is 2.40. The molecule has 1 aliphatic rings. The van der Waals surface area contributed by atoms with Crippen molar-refractivity contribution in [3.8, 4) is 0 Å². The number of rotatable bonds is 2. The SMILES string of the molecule is CSc1cc(Br)cc(C2(N)CC2)c1. The second-order valence-electron chi connectivity index (χ2n) is 3.54. The minimum absolute atomic E-state index is 0.0196. The van der Waals surface area contributed by atoms with Crippen molar-refractivity contribution in [2.45, 2.75) is 23.3 Å². The van der Waals surface area contributed by atoms with Gasteiger partial charge in [-0.2, -0.15) is 0 Å². The molecule has 13 heavy (non-hydrogen) atoms. The number of nitrogens with two attached hydrogens (primary N) is 1. The topological polar surface area (TPSA) is 26.0 Å². The molecule has 0 radical (unpaired) electrons. The van der Waals surface area contributed by atoms with E-state index in [2.05, 4.69) is 40.4 Å². The Morgan fingerprint density at radius 1 is 1.38 bits per heavy atom. The van der Waals surface area contributed by atoms with E-state index < -0.39 is 0 Å². The summed E-state index contributed by atoms with van der Waals surface area (Å²) in [6.45, 7) is 0. The third-order valence-corrected chi connectivity index (χ3v) is 3.64. The molecule has 3 heteroatoms. The average Bonchev–Trinajstić information content (AvgIpc) is 2.84. The van der Waals surface area contributed by atoms with Gasteiger partial charge in [-0.25, -0.2) is 0 Å². The van der Waals surface area contributed by atoms with Crippen LogP contribution in [0.4, 0.5) is 0 Å². The maximum Gasteiger partial charge on any atom is 0.0412 e. The van der Waals surface area contributed by atoms with Crippen LogP contribution in [-0.4, -0.2) is 6.26 Å². The highest BCUT2D eigenvalue weighted by atomic mass is 79.9. The first-order valence-corrected chi connectivity index (χ1v) is 6.30. The molecular formula is C10H12BrNS. The van der Waals surface area contributed by atoms with Gasteiger partial charge in [-0.1, -0.05) is 15.9 Å². The molecule has 0 aliphatic heterocycles. The molecule has 0 amide bonds. The lowest BCUT2D eigenvalue weighted by molar-refractivity contribution is 0.736. The molecule has 1 saturated carbocycles. The number of thioether (sulfide) groups is 1. The molecule has 0 saturated heterocycles. The van der Waals surface area contributed by atoms with Gasteiger partial charge >= 0.3 is 0 Å². The van der Waals surface area contributed by atoms with Crippen molar-refractivity contribution in [1.82, 2.24) is 0 Å². The van der Waals surface area contributed by atoms with Gasteiger partial charge in [0.2, 0.25) is 0 Å². The smallest absolute Gasteiger partial charge is 0.0412 e. The van der Waals surface area contributed by atoms with Crippen LogP contribution in [-0.2, 0) is 5.54 Å². The van der Waals surface area contributed by atoms with Gasteiger partial charge in [0.25, 0.3) is 0 Å². The van der Waals surface area contributed by atoms with Crippen LogP contribution in [0.25, 0.3) is 0 Å². The molecule has 1 fully saturated rings. The summed E-state index contributed by atoms with van der Waals surface area (Å²) < 4.78 is 1.13. The molecule has 0 bridgehead atoms. The molecule has 2 N–H and O–H groups in total. The Morgan fingerprint density at radius 3 is 2.62 bits per heavy atom. The second-order valence-corrected chi connectivity index (χ2v) is 5.33. The molecular weight excluding hydrogens is 246 g/mol. The zero-order chi connectivity index (χ0) is 9.47. The van der Waals surface area contributed by atoms with E-state index in [0.29, 0.717) is 0 Å². The van der Waals surface area contributed by atoms with Crippen LogP contribution in [0.2, 0.25) is 0 Å². The Balaban J connectivity index is 2.40. The monoisotopic (exact) mass is 257 g/mol. The van der Waals surface area contributed by atoms with Crippen LogP contribution in [0.5, 0.6) is 0 Å². The maximum absolute atomic E-state index is 6.13. The first-order chi connectivity index (χ1) is 6.14. The van der Waals surface area contributed by atoms with Gasteiger partial charge < -0.3 is 5.73 Å². The lowest BCUT2D eigenvalue weighted by Gasteiger charge is -2.10. The Bertz CT molecular complexity index is 334. The molecule has 0 unspecified atom stereocenters. The van der Waals surface area contributed by atoms with E-state index in [1.54, 1.807) is 11.8 Å². The Kier molecular flexibility index (Phi) is 2.43. The van der Waals surface area contributed by atoms with Gasteiger partial charge in [0.15, 0.2) is 0 Å². The second kappa shape index (κ2) is 3.30. The summed E-state index contributed by atoms with van der Waals surface area (Å²) in [5, 5.41) is 0. The standard InChI is InChI=1S/C10H12BrNS/c1-13-9-5-7(4-8(11)6-9)10(12)2-3-10/h4-6H,2-3,12H2,1H3. The zero-order valence-electron chi connectivity index (χ0n) is 7.51. The van der Waals surface area contributed by atoms with Gasteiger partial charge in [-0.15, -0.1) is 11.8 Å². The van der Waals surface area contributed by atoms with Crippen molar-refractivity contribution in [3.05, 3.63) is 28.2 Å². The first-order valence-electron chi connectivity index (χ1n) is 4.28. The van der Waals surface area contributed by atoms with Crippen LogP contribution in [0, 0.1) is 0 Å². The lowest BCUT2D eigenvalue weighted by Crippen LogP contribution is -2.18. The zero-order valence-corrected chi connectivity index (χ0v) is 9.91. The summed E-state index contributed by atoms with van der Waals surface area (Å²) in [5.74, 6) is 0. The quantitative estimate of drug-likeness (QED) is 0.825. The molecule has 1 aromatic rings. The van der Waals surface area contributed by atoms with Crippen molar-refractivity contribution < 1.29 is 0 Å². The molecule has 1 aliphatic carbocycles. The van der Waals surface area contributed by atoms with Crippen LogP contribution in [0.15, 0.2) is 27.6 Å². The third kappa shape index (κ3) is 1.92. The summed E-state index contributed by atoms with van der Waals surface area (Å²) in [5.41, 5.74) is 7.38. The van der Waals surface area contributed by atoms with E-state index >= 15 is 0 Å². The van der Waals surface area contributed by atoms with Gasteiger partial charge in [0, 0.05) is 14.9 Å². The van der Waals surface area contributed by atoms with E-state index in [9.17, 15) is 0 Å². The fraction of sp³-hybridized carbons (Fsp3) is 0.400. The first kappa shape index (κ1) is 9.56. The Labute approximate surface area is 91.2 Å². The highest BCUT2D eigenvalue weighted by molar-refractivity contribution is 9.10. The molecule has 0 spiro atoms. The summed E-state index contributed by atoms with van der Waals surface area (Å²) in [7, 11) is 0. The number of halogens is 1. The summed E-state index contributed by atoms with van der Waals surface area (Å²) in [4.78, 5) is 1.28. The van der Waals surface area contributed by atoms with Crippen LogP contribution in [0.1, 0.15) is 18.4 Å². The van der Waals surface area contributed by atoms with Crippen molar-refractivity contribution >= 4 is 27.7 Å². The Hall–Kier alpha value is 0.01000. The van der Waals surface area contributed by atoms with Crippen molar-refractivity contribution in [2.75, 3.05) is 6.26 Å². The summed E-state index contributed by atoms with van der Waals surface area (Å²) in [6, 6.07) is 6.45. The number of hydrogen-bond acceptors (Lipinski definition) is 2. The fourth-order valence-corrected chi connectivity index (χ4v) is 2.53. The van der Waals surface area contributed by atoms with Gasteiger partial charge in [-0.05, 0) is 42.9 Å². The molecule has 0 heterocycles. The van der Waals surface area contributed by atoms with Crippen molar-refractivity contribution in [1.29, 1.82) is 0 Å². The van der Waals surface area contributed by atoms with Crippen LogP contribution >= 0.6 is 27.7 Å². The largest absolute Gasteiger partial charge is 0.321 e. The predicted octanol–water partition coefficient (Wildman–Crippen LogP) is 3.12. The molecule has 0 aromatic heterocycles. The molecule has 1 aromatic carbocycles. The molecule has 1 nitrogen and oxygen atoms in total. The van der Waals surface area contributed by atoms with Crippen LogP contribution < -0.4 is 5.73 Å². The fourth-order valence-electron chi connectivity index (χ4n) is 1.39. The molecule has 70 valence electrons. The normalized spacial score (nSPS) is 18.7. The Morgan fingerprint density at radius 2 is 2.08 bits per heavy atom. The van der Waals surface area contributed by atoms with Crippen LogP contribution in [0.3, 0.4) is 0 Å². The third-order valence-electron chi connectivity index (χ3n) is 2.47. The summed E-state index contributed by atoms with van der Waals surface area (Å²) >= 11 is 5.26. The number of hydrogen-bond donors (Lipinski definition) is 1. The van der Waals surface area contributed by atoms with E-state index in [1.165, 1.54) is 10.5 Å². The minimum atomic E-state index is -0.0196. The molecule has 0 atom stereocenters. The molecule has 2 rings (SSSR count). The predicted molar refractivity (Wildman–Crippen MR) is 61.0 cm³/mol. The van der Waals surface area contributed by atoms with E-state index in [0.717, 1.165) is 17.3 Å². The highest BCUT2D eigenvalue weighted by Crippen LogP contribution is 2.44. The van der Waals surface area contributed by atoms with Gasteiger partial charge in [0.05, 0.1) is 0 Å². The minimum Gasteiger partial charge on any atom is -0.321 e. The van der Waals surface area contributed by atoms with E-state index in [-0.39, 0.29) is 5.54 Å². The number of benzene rings is 1. The maximum atomic E-state index is 6.13. The van der Waals surface area contributed by atoms with Gasteiger partial charge in [-0.3, -0.25) is 0 Å². The van der Waals surface area contributed by atoms with Gasteiger partial charge in [0.1, 0.15) is 0 Å².